The van der Waals surface area contributed by atoms with E-state index in [-0.39, 0.29) is 24.3 Å². The second-order valence-electron chi connectivity index (χ2n) is 10.6. The molecule has 2 fully saturated rings. The third-order valence-corrected chi connectivity index (χ3v) is 7.23. The second-order valence-corrected chi connectivity index (χ2v) is 10.6. The number of fused-ring (bicyclic) bond motifs is 4. The highest BCUT2D eigenvalue weighted by Crippen LogP contribution is 2.35. The van der Waals surface area contributed by atoms with Gasteiger partial charge in [-0.05, 0) is 32.4 Å². The van der Waals surface area contributed by atoms with E-state index in [0.29, 0.717) is 23.9 Å². The summed E-state index contributed by atoms with van der Waals surface area (Å²) in [5.74, 6) is -0.497. The maximum Gasteiger partial charge on any atom is 0.416 e. The summed E-state index contributed by atoms with van der Waals surface area (Å²) in [6, 6.07) is 6.30. The SMILES string of the molecule is CC1(C)OC[C@H](COc2cncc(NC(=O)C3(c4cccc(C(F)(F)F)c4)NC=C4C(=N[C@H]5CCN4C5)N3)c2)O1. The van der Waals surface area contributed by atoms with Crippen molar-refractivity contribution in [3.63, 3.8) is 0 Å². The van der Waals surface area contributed by atoms with Gasteiger partial charge < -0.3 is 35.1 Å². The molecule has 6 rings (SSSR count). The summed E-state index contributed by atoms with van der Waals surface area (Å²) >= 11 is 0. The zero-order valence-electron chi connectivity index (χ0n) is 21.9. The summed E-state index contributed by atoms with van der Waals surface area (Å²) in [5.41, 5.74) is -1.51. The average molecular weight is 559 g/mol. The lowest BCUT2D eigenvalue weighted by Crippen LogP contribution is -2.65. The second kappa shape index (κ2) is 9.66. The quantitative estimate of drug-likeness (QED) is 0.497. The molecule has 5 heterocycles. The van der Waals surface area contributed by atoms with E-state index in [2.05, 4.69) is 25.8 Å². The molecule has 2 saturated heterocycles. The molecule has 0 spiro atoms. The van der Waals surface area contributed by atoms with Crippen molar-refractivity contribution in [2.24, 2.45) is 4.99 Å². The Morgan fingerprint density at radius 1 is 1.27 bits per heavy atom. The van der Waals surface area contributed by atoms with Gasteiger partial charge in [-0.2, -0.15) is 13.2 Å². The lowest BCUT2D eigenvalue weighted by molar-refractivity contribution is -0.141. The summed E-state index contributed by atoms with van der Waals surface area (Å²) in [6.07, 6.45) is 0.564. The molecular weight excluding hydrogens is 529 g/mol. The Bertz CT molecular complexity index is 1380. The van der Waals surface area contributed by atoms with Gasteiger partial charge in [-0.1, -0.05) is 12.1 Å². The van der Waals surface area contributed by atoms with Gasteiger partial charge >= 0.3 is 6.18 Å². The number of alkyl halides is 3. The number of amidine groups is 1. The molecule has 4 aliphatic heterocycles. The van der Waals surface area contributed by atoms with E-state index in [1.54, 1.807) is 12.3 Å². The molecule has 2 aromatic rings. The molecule has 13 heteroatoms. The van der Waals surface area contributed by atoms with Crippen molar-refractivity contribution in [1.82, 2.24) is 20.5 Å². The van der Waals surface area contributed by atoms with Crippen LogP contribution in [0, 0.1) is 0 Å². The van der Waals surface area contributed by atoms with Gasteiger partial charge in [-0.3, -0.25) is 14.8 Å². The molecule has 3 N–H and O–H groups in total. The number of amides is 1. The standard InChI is InChI=1S/C27H29F3N6O4/c1-25(2)39-15-21(40-25)14-38-20-9-19(10-31-11-20)34-24(37)26(16-4-3-5-17(8-16)27(28,29)30)32-12-22-23(35-26)33-18-6-7-36(22)13-18/h3-5,8-12,18,21,32H,6-7,13-15H2,1-2H3,(H,33,35)(H,34,37)/t18-,21-,26?/m0/s1. The van der Waals surface area contributed by atoms with Crippen LogP contribution in [0.3, 0.4) is 0 Å². The number of hydrogen-bond donors (Lipinski definition) is 3. The fourth-order valence-electron chi connectivity index (χ4n) is 5.27. The number of anilines is 1. The number of nitrogens with one attached hydrogen (secondary N) is 3. The normalized spacial score (nSPS) is 26.7. The van der Waals surface area contributed by atoms with E-state index >= 15 is 0 Å². The van der Waals surface area contributed by atoms with E-state index < -0.39 is 29.1 Å². The van der Waals surface area contributed by atoms with Crippen molar-refractivity contribution in [3.05, 3.63) is 65.7 Å². The molecule has 1 aromatic heterocycles. The van der Waals surface area contributed by atoms with Crippen LogP contribution in [0.15, 0.2) is 59.6 Å². The molecule has 0 aliphatic carbocycles. The third kappa shape index (κ3) is 5.06. The number of benzene rings is 1. The van der Waals surface area contributed by atoms with Crippen molar-refractivity contribution in [2.75, 3.05) is 31.6 Å². The van der Waals surface area contributed by atoms with Crippen LogP contribution < -0.4 is 20.7 Å². The van der Waals surface area contributed by atoms with Gasteiger partial charge in [0.25, 0.3) is 5.91 Å². The van der Waals surface area contributed by atoms with Crippen LogP contribution in [0.25, 0.3) is 0 Å². The van der Waals surface area contributed by atoms with Crippen LogP contribution in [0.5, 0.6) is 5.75 Å². The third-order valence-electron chi connectivity index (χ3n) is 7.23. The van der Waals surface area contributed by atoms with Crippen molar-refractivity contribution in [2.45, 2.75) is 50.0 Å². The average Bonchev–Trinajstić information content (AvgIpc) is 3.48. The Labute approximate surface area is 228 Å². The highest BCUT2D eigenvalue weighted by atomic mass is 19.4. The minimum atomic E-state index is -4.59. The van der Waals surface area contributed by atoms with E-state index in [1.807, 2.05) is 13.8 Å². The van der Waals surface area contributed by atoms with Crippen LogP contribution in [-0.2, 0) is 26.1 Å². The van der Waals surface area contributed by atoms with Gasteiger partial charge in [0.2, 0.25) is 5.66 Å². The number of hydrogen-bond acceptors (Lipinski definition) is 9. The topological polar surface area (TPSA) is 109 Å². The first-order chi connectivity index (χ1) is 19.0. The summed E-state index contributed by atoms with van der Waals surface area (Å²) in [6.45, 7) is 5.80. The lowest BCUT2D eigenvalue weighted by Gasteiger charge is -2.42. The minimum absolute atomic E-state index is 0.0536. The zero-order valence-corrected chi connectivity index (χ0v) is 21.9. The number of nitrogens with zero attached hydrogens (tertiary/aromatic N) is 3. The predicted octanol–water partition coefficient (Wildman–Crippen LogP) is 2.94. The van der Waals surface area contributed by atoms with Crippen molar-refractivity contribution < 1.29 is 32.2 Å². The molecule has 1 aromatic carbocycles. The summed E-state index contributed by atoms with van der Waals surface area (Å²) < 4.78 is 58.0. The molecular formula is C27H29F3N6O4. The Balaban J connectivity index is 1.27. The van der Waals surface area contributed by atoms with E-state index in [4.69, 9.17) is 19.2 Å². The Morgan fingerprint density at radius 3 is 2.90 bits per heavy atom. The molecule has 1 unspecified atom stereocenters. The number of pyridine rings is 1. The Kier molecular flexibility index (Phi) is 6.37. The minimum Gasteiger partial charge on any atom is -0.489 e. The molecule has 10 nitrogen and oxygen atoms in total. The first-order valence-electron chi connectivity index (χ1n) is 13.0. The van der Waals surface area contributed by atoms with Crippen LogP contribution >= 0.6 is 0 Å². The summed E-state index contributed by atoms with van der Waals surface area (Å²) in [7, 11) is 0. The van der Waals surface area contributed by atoms with E-state index in [0.717, 1.165) is 37.3 Å². The fraction of sp³-hybridized carbons (Fsp3) is 0.444. The van der Waals surface area contributed by atoms with Crippen molar-refractivity contribution >= 4 is 17.4 Å². The molecule has 4 aliphatic rings. The van der Waals surface area contributed by atoms with Crippen molar-refractivity contribution in [1.29, 1.82) is 0 Å². The van der Waals surface area contributed by atoms with Crippen LogP contribution in [-0.4, -0.2) is 65.9 Å². The molecule has 0 radical (unpaired) electrons. The molecule has 0 saturated carbocycles. The summed E-state index contributed by atoms with van der Waals surface area (Å²) in [5, 5.41) is 8.98. The number of ether oxygens (including phenoxy) is 3. The van der Waals surface area contributed by atoms with Gasteiger partial charge in [0.15, 0.2) is 5.79 Å². The largest absolute Gasteiger partial charge is 0.489 e. The van der Waals surface area contributed by atoms with Crippen LogP contribution in [0.4, 0.5) is 18.9 Å². The maximum atomic E-state index is 13.9. The lowest BCUT2D eigenvalue weighted by atomic mass is 9.94. The Hall–Kier alpha value is -3.84. The number of aliphatic imine (C=N–C) groups is 1. The van der Waals surface area contributed by atoms with Crippen molar-refractivity contribution in [3.8, 4) is 5.75 Å². The van der Waals surface area contributed by atoms with Gasteiger partial charge in [0.05, 0.1) is 42.0 Å². The van der Waals surface area contributed by atoms with Gasteiger partial charge in [0.1, 0.15) is 24.3 Å². The number of aromatic nitrogens is 1. The molecule has 2 bridgehead atoms. The summed E-state index contributed by atoms with van der Waals surface area (Å²) in [4.78, 5) is 24.9. The smallest absolute Gasteiger partial charge is 0.416 e. The van der Waals surface area contributed by atoms with Gasteiger partial charge in [-0.25, -0.2) is 0 Å². The maximum absolute atomic E-state index is 13.9. The highest BCUT2D eigenvalue weighted by molar-refractivity contribution is 6.07. The zero-order chi connectivity index (χ0) is 28.1. The molecule has 212 valence electrons. The number of carbonyl (C=O) groups is 1. The predicted molar refractivity (Wildman–Crippen MR) is 138 cm³/mol. The number of rotatable bonds is 6. The molecule has 1 amide bonds. The van der Waals surface area contributed by atoms with Gasteiger partial charge in [0, 0.05) is 30.9 Å². The number of carbonyl (C=O) groups excluding carboxylic acids is 1. The van der Waals surface area contributed by atoms with E-state index in [1.165, 1.54) is 24.5 Å². The van der Waals surface area contributed by atoms with Crippen LogP contribution in [0.1, 0.15) is 31.4 Å². The van der Waals surface area contributed by atoms with E-state index in [9.17, 15) is 18.0 Å². The molecule has 3 atom stereocenters. The monoisotopic (exact) mass is 558 g/mol. The number of halogens is 3. The van der Waals surface area contributed by atoms with Gasteiger partial charge in [-0.15, -0.1) is 0 Å². The highest BCUT2D eigenvalue weighted by Gasteiger charge is 2.47. The first kappa shape index (κ1) is 26.4. The fourth-order valence-corrected chi connectivity index (χ4v) is 5.27. The Morgan fingerprint density at radius 2 is 2.12 bits per heavy atom. The molecule has 40 heavy (non-hydrogen) atoms. The first-order valence-corrected chi connectivity index (χ1v) is 13.0. The van der Waals surface area contributed by atoms with Crippen LogP contribution in [0.2, 0.25) is 0 Å².